The Balaban J connectivity index is 1.84. The zero-order chi connectivity index (χ0) is 28.7. The Morgan fingerprint density at radius 1 is 1.08 bits per heavy atom. The van der Waals surface area contributed by atoms with E-state index in [1.54, 1.807) is 37.3 Å². The first-order chi connectivity index (χ1) is 17.4. The fourth-order valence-corrected chi connectivity index (χ4v) is 6.61. The van der Waals surface area contributed by atoms with E-state index in [1.165, 1.54) is 4.90 Å². The van der Waals surface area contributed by atoms with Crippen molar-refractivity contribution in [1.82, 2.24) is 4.90 Å². The topological polar surface area (TPSA) is 119 Å². The summed E-state index contributed by atoms with van der Waals surface area (Å²) in [6, 6.07) is 6.93. The molecule has 0 aromatic heterocycles. The van der Waals surface area contributed by atoms with Crippen molar-refractivity contribution in [2.24, 2.45) is 5.73 Å². The minimum atomic E-state index is -2.05. The van der Waals surface area contributed by atoms with Gasteiger partial charge < -0.3 is 20.1 Å². The Hall–Kier alpha value is -0.370. The van der Waals surface area contributed by atoms with Gasteiger partial charge in [-0.15, -0.1) is 11.8 Å². The van der Waals surface area contributed by atoms with Gasteiger partial charge >= 0.3 is 12.1 Å². The Morgan fingerprint density at radius 2 is 1.63 bits per heavy atom. The van der Waals surface area contributed by atoms with Crippen LogP contribution >= 0.6 is 97.3 Å². The molecule has 0 aliphatic carbocycles. The van der Waals surface area contributed by atoms with Crippen molar-refractivity contribution in [3.8, 4) is 0 Å². The Kier molecular flexibility index (Phi) is 10.0. The third kappa shape index (κ3) is 6.74. The number of thioether (sulfide) groups is 1. The highest BCUT2D eigenvalue weighted by Crippen LogP contribution is 2.55. The van der Waals surface area contributed by atoms with Crippen LogP contribution in [0.2, 0.25) is 0 Å². The van der Waals surface area contributed by atoms with Gasteiger partial charge in [-0.05, 0) is 19.1 Å². The number of esters is 1. The van der Waals surface area contributed by atoms with E-state index in [4.69, 9.17) is 84.8 Å². The Labute approximate surface area is 260 Å². The van der Waals surface area contributed by atoms with Crippen molar-refractivity contribution >= 4 is 127 Å². The molecule has 2 amide bonds. The number of anilines is 1. The summed E-state index contributed by atoms with van der Waals surface area (Å²) in [5.41, 5.74) is 4.61. The number of benzene rings is 1. The first-order valence-electron chi connectivity index (χ1n) is 10.6. The third-order valence-electron chi connectivity index (χ3n) is 5.75. The smallest absolute Gasteiger partial charge is 0.414 e. The van der Waals surface area contributed by atoms with Crippen LogP contribution in [0.4, 0.5) is 10.5 Å². The van der Waals surface area contributed by atoms with Gasteiger partial charge in [0, 0.05) is 11.0 Å². The number of hydrogen-bond donors (Lipinski definition) is 1. The van der Waals surface area contributed by atoms with Gasteiger partial charge in [-0.2, -0.15) is 0 Å². The zero-order valence-electron chi connectivity index (χ0n) is 19.3. The van der Waals surface area contributed by atoms with Crippen molar-refractivity contribution in [1.29, 1.82) is 0 Å². The summed E-state index contributed by atoms with van der Waals surface area (Å²) in [7, 11) is 0. The maximum absolute atomic E-state index is 13.5. The first-order valence-corrected chi connectivity index (χ1v) is 14.9. The molecule has 38 heavy (non-hydrogen) atoms. The molecule has 2 aliphatic heterocycles. The van der Waals surface area contributed by atoms with Crippen LogP contribution in [-0.2, 0) is 23.9 Å². The summed E-state index contributed by atoms with van der Waals surface area (Å²) in [5.74, 6) is -2.43. The highest BCUT2D eigenvalue weighted by molar-refractivity contribution is 9.09. The lowest BCUT2D eigenvalue weighted by Crippen LogP contribution is -2.81. The highest BCUT2D eigenvalue weighted by Gasteiger charge is 2.73. The van der Waals surface area contributed by atoms with Gasteiger partial charge in [-0.25, -0.2) is 9.59 Å². The largest absolute Gasteiger partial charge is 0.460 e. The van der Waals surface area contributed by atoms with Crippen LogP contribution in [-0.4, -0.2) is 83.0 Å². The number of β-lactam (4-membered cyclic amide) rings is 1. The van der Waals surface area contributed by atoms with Crippen LogP contribution in [0.3, 0.4) is 0 Å². The summed E-state index contributed by atoms with van der Waals surface area (Å²) in [6.45, 7) is -0.0654. The number of nitrogens with zero attached hydrogens (tertiary/aromatic N) is 2. The first kappa shape index (κ1) is 32.1. The van der Waals surface area contributed by atoms with Crippen LogP contribution in [0, 0.1) is 0 Å². The van der Waals surface area contributed by atoms with Gasteiger partial charge in [0.1, 0.15) is 24.6 Å². The van der Waals surface area contributed by atoms with E-state index in [0.717, 1.165) is 16.7 Å². The molecule has 0 spiro atoms. The summed E-state index contributed by atoms with van der Waals surface area (Å²) in [6.07, 6.45) is -0.999. The maximum atomic E-state index is 13.5. The van der Waals surface area contributed by atoms with E-state index < -0.39 is 72.8 Å². The van der Waals surface area contributed by atoms with Crippen molar-refractivity contribution in [3.05, 3.63) is 30.3 Å². The second kappa shape index (κ2) is 11.9. The molecule has 3 rings (SSSR count). The monoisotopic (exact) mass is 731 g/mol. The molecule has 2 fully saturated rings. The van der Waals surface area contributed by atoms with Gasteiger partial charge in [0.25, 0.3) is 5.91 Å². The van der Waals surface area contributed by atoms with Gasteiger partial charge in [-0.3, -0.25) is 14.5 Å². The number of para-hydroxylation sites is 1. The molecule has 2 N–H and O–H groups in total. The molecular formula is C21H20BrCl6N3O6S. The van der Waals surface area contributed by atoms with Gasteiger partial charge in [0.05, 0.1) is 11.3 Å². The predicted molar refractivity (Wildman–Crippen MR) is 153 cm³/mol. The number of rotatable bonds is 8. The number of alkyl halides is 7. The molecule has 9 nitrogen and oxygen atoms in total. The molecule has 2 heterocycles. The van der Waals surface area contributed by atoms with E-state index in [-0.39, 0.29) is 11.0 Å². The summed E-state index contributed by atoms with van der Waals surface area (Å²) in [5, 5.41) is -0.701. The quantitative estimate of drug-likeness (QED) is 0.178. The normalized spacial score (nSPS) is 26.9. The highest BCUT2D eigenvalue weighted by atomic mass is 79.9. The number of carbonyl (C=O) groups is 4. The van der Waals surface area contributed by atoms with E-state index in [9.17, 15) is 19.2 Å². The average molecular weight is 735 g/mol. The van der Waals surface area contributed by atoms with Crippen LogP contribution < -0.4 is 10.6 Å². The predicted octanol–water partition coefficient (Wildman–Crippen LogP) is 4.62. The average Bonchev–Trinajstić information content (AvgIpc) is 3.14. The number of carbonyl (C=O) groups excluding carboxylic acids is 4. The number of fused-ring (bicyclic) bond motifs is 1. The Morgan fingerprint density at radius 3 is 2.16 bits per heavy atom. The van der Waals surface area contributed by atoms with Crippen molar-refractivity contribution < 1.29 is 28.7 Å². The fraction of sp³-hybridized carbons (Fsp3) is 0.524. The lowest BCUT2D eigenvalue weighted by molar-refractivity contribution is -0.170. The van der Waals surface area contributed by atoms with Gasteiger partial charge in [0.2, 0.25) is 7.59 Å². The number of halogens is 7. The number of ether oxygens (including phenoxy) is 2. The maximum Gasteiger partial charge on any atom is 0.414 e. The second-order valence-corrected chi connectivity index (χ2v) is 15.8. The molecule has 2 saturated heterocycles. The summed E-state index contributed by atoms with van der Waals surface area (Å²) >= 11 is 38.6. The zero-order valence-corrected chi connectivity index (χ0v) is 26.3. The number of Topliss-reactive ketones (excluding diaryl/α,β-unsaturated/α-hetero) is 1. The molecule has 17 heteroatoms. The number of amides is 2. The number of hydrogen-bond acceptors (Lipinski definition) is 8. The molecule has 4 atom stereocenters. The molecule has 0 bridgehead atoms. The number of ketones is 1. The van der Waals surface area contributed by atoms with Gasteiger partial charge in [-0.1, -0.05) is 104 Å². The van der Waals surface area contributed by atoms with Crippen LogP contribution in [0.1, 0.15) is 6.92 Å². The second-order valence-electron chi connectivity index (χ2n) is 8.64. The van der Waals surface area contributed by atoms with Gasteiger partial charge in [0.15, 0.2) is 11.3 Å². The molecular weight excluding hydrogens is 715 g/mol. The van der Waals surface area contributed by atoms with Crippen molar-refractivity contribution in [2.75, 3.05) is 30.0 Å². The van der Waals surface area contributed by atoms with Crippen molar-refractivity contribution in [2.45, 2.75) is 36.2 Å². The summed E-state index contributed by atoms with van der Waals surface area (Å²) < 4.78 is 5.51. The molecule has 1 aromatic carbocycles. The third-order valence-corrected chi connectivity index (χ3v) is 9.66. The molecule has 3 unspecified atom stereocenters. The van der Waals surface area contributed by atoms with E-state index in [1.807, 2.05) is 0 Å². The van der Waals surface area contributed by atoms with Crippen LogP contribution in [0.5, 0.6) is 0 Å². The molecule has 2 aliphatic rings. The SMILES string of the molecule is CC1(CBr)S[C@@H]2N(C(=O)C2(N)C(=O)CN(C(=O)OCC(Cl)(Cl)Cl)c2ccccc2)C1C(=O)OCC(Cl)(Cl)Cl. The number of nitrogens with two attached hydrogens (primary N) is 1. The van der Waals surface area contributed by atoms with E-state index in [2.05, 4.69) is 15.9 Å². The Bertz CT molecular complexity index is 1110. The molecule has 0 radical (unpaired) electrons. The van der Waals surface area contributed by atoms with E-state index >= 15 is 0 Å². The van der Waals surface area contributed by atoms with E-state index in [0.29, 0.717) is 0 Å². The van der Waals surface area contributed by atoms with Crippen LogP contribution in [0.15, 0.2) is 30.3 Å². The van der Waals surface area contributed by atoms with Crippen LogP contribution in [0.25, 0.3) is 0 Å². The lowest BCUT2D eigenvalue weighted by Gasteiger charge is -2.50. The summed E-state index contributed by atoms with van der Waals surface area (Å²) in [4.78, 5) is 54.8. The standard InChI is InChI=1S/C21H20BrCl6N3O6S/c1-18(8-22)13(14(33)36-9-19(23,24)25)31-15(34)21(29,16(31)38-18)12(32)7-30(11-5-3-2-4-6-11)17(35)37-10-20(26,27)28/h2-6,13,16H,7-10,29H2,1H3/t13?,16-,18?,21?/m0/s1. The minimum absolute atomic E-state index is 0.238. The fourth-order valence-electron chi connectivity index (χ4n) is 3.92. The lowest BCUT2D eigenvalue weighted by atomic mass is 9.81. The minimum Gasteiger partial charge on any atom is -0.460 e. The molecule has 1 aromatic rings. The van der Waals surface area contributed by atoms with Crippen molar-refractivity contribution in [3.63, 3.8) is 0 Å². The molecule has 0 saturated carbocycles. The molecule has 210 valence electrons.